The van der Waals surface area contributed by atoms with E-state index in [4.69, 9.17) is 0 Å². The number of nitrogens with one attached hydrogen (secondary N) is 1. The molecule has 0 unspecified atom stereocenters. The Kier molecular flexibility index (Phi) is 6.34. The third-order valence-electron chi connectivity index (χ3n) is 4.89. The van der Waals surface area contributed by atoms with E-state index in [1.54, 1.807) is 0 Å². The Hall–Kier alpha value is -3.43. The van der Waals surface area contributed by atoms with Gasteiger partial charge in [-0.25, -0.2) is 0 Å². The molecule has 0 atom stereocenters. The second-order valence-corrected chi connectivity index (χ2v) is 8.04. The minimum atomic E-state index is -0.516. The zero-order valence-electron chi connectivity index (χ0n) is 17.4. The molecule has 1 amide bonds. The summed E-state index contributed by atoms with van der Waals surface area (Å²) >= 11 is 1.15. The van der Waals surface area contributed by atoms with E-state index in [2.05, 4.69) is 11.4 Å². The van der Waals surface area contributed by atoms with Crippen LogP contribution in [0.2, 0.25) is 0 Å². The van der Waals surface area contributed by atoms with Crippen LogP contribution >= 0.6 is 11.3 Å². The molecule has 0 aliphatic carbocycles. The summed E-state index contributed by atoms with van der Waals surface area (Å²) in [5.74, 6) is -0.516. The molecular weight excluding hydrogens is 394 g/mol. The van der Waals surface area contributed by atoms with Crippen molar-refractivity contribution < 1.29 is 4.79 Å². The van der Waals surface area contributed by atoms with E-state index < -0.39 is 5.91 Å². The van der Waals surface area contributed by atoms with Crippen LogP contribution in [0.3, 0.4) is 0 Å². The fourth-order valence-corrected chi connectivity index (χ4v) is 4.34. The van der Waals surface area contributed by atoms with Gasteiger partial charge in [0.25, 0.3) is 11.5 Å². The van der Waals surface area contributed by atoms with E-state index in [0.29, 0.717) is 14.9 Å². The molecule has 1 aromatic heterocycles. The van der Waals surface area contributed by atoms with Crippen LogP contribution in [0, 0.1) is 25.2 Å². The molecule has 5 nitrogen and oxygen atoms in total. The van der Waals surface area contributed by atoms with Crippen molar-refractivity contribution in [1.29, 1.82) is 5.26 Å². The van der Waals surface area contributed by atoms with E-state index in [9.17, 15) is 14.9 Å². The monoisotopic (exact) mass is 417 g/mol. The Morgan fingerprint density at radius 3 is 2.63 bits per heavy atom. The molecule has 0 bridgehead atoms. The number of thiazole rings is 1. The molecule has 0 saturated heterocycles. The van der Waals surface area contributed by atoms with Crippen LogP contribution in [0.25, 0.3) is 17.3 Å². The maximum absolute atomic E-state index is 13.4. The van der Waals surface area contributed by atoms with E-state index in [1.165, 1.54) is 11.6 Å². The Morgan fingerprint density at radius 2 is 2.00 bits per heavy atom. The van der Waals surface area contributed by atoms with E-state index in [0.717, 1.165) is 40.0 Å². The summed E-state index contributed by atoms with van der Waals surface area (Å²) in [7, 11) is 1.47. The second-order valence-electron chi connectivity index (χ2n) is 7.01. The highest BCUT2D eigenvalue weighted by Crippen LogP contribution is 2.12. The fraction of sp³-hybridized carbons (Fsp3) is 0.208. The lowest BCUT2D eigenvalue weighted by molar-refractivity contribution is -0.115. The number of carbonyl (C=O) groups excluding carboxylic acids is 1. The number of nitriles is 1. The van der Waals surface area contributed by atoms with Crippen molar-refractivity contribution in [2.24, 2.45) is 0 Å². The maximum atomic E-state index is 13.4. The average Bonchev–Trinajstić information content (AvgIpc) is 3.06. The van der Waals surface area contributed by atoms with Gasteiger partial charge in [0.2, 0.25) is 0 Å². The number of aromatic nitrogens is 1. The summed E-state index contributed by atoms with van der Waals surface area (Å²) in [6.07, 6.45) is 2.64. The Labute approximate surface area is 179 Å². The summed E-state index contributed by atoms with van der Waals surface area (Å²) in [4.78, 5) is 25.7. The summed E-state index contributed by atoms with van der Waals surface area (Å²) in [5, 5.41) is 12.1. The summed E-state index contributed by atoms with van der Waals surface area (Å²) < 4.78 is 2.26. The lowest BCUT2D eigenvalue weighted by Crippen LogP contribution is -2.33. The number of hydrogen-bond acceptors (Lipinski definition) is 4. The molecule has 152 valence electrons. The number of nitrogens with zero attached hydrogens (tertiary/aromatic N) is 2. The number of amides is 1. The first kappa shape index (κ1) is 21.3. The van der Waals surface area contributed by atoms with E-state index in [1.807, 2.05) is 69.3 Å². The number of benzene rings is 2. The minimum Gasteiger partial charge on any atom is -0.354 e. The van der Waals surface area contributed by atoms with Crippen molar-refractivity contribution in [2.45, 2.75) is 27.2 Å². The van der Waals surface area contributed by atoms with Crippen molar-refractivity contribution in [1.82, 2.24) is 9.88 Å². The third kappa shape index (κ3) is 4.12. The SMILES string of the molecule is CCc1cccc(-n2c(=O)/c(=C\c3ccc(C)cc3C)s/c2=C(/C#N)C(=O)NC)c1. The van der Waals surface area contributed by atoms with Crippen LogP contribution in [0.15, 0.2) is 47.3 Å². The molecule has 0 radical (unpaired) electrons. The molecule has 0 saturated carbocycles. The smallest absolute Gasteiger partial charge is 0.273 e. The number of rotatable bonds is 4. The maximum Gasteiger partial charge on any atom is 0.273 e. The van der Waals surface area contributed by atoms with Crippen LogP contribution in [0.5, 0.6) is 0 Å². The molecule has 6 heteroatoms. The van der Waals surface area contributed by atoms with Crippen LogP contribution < -0.4 is 20.1 Å². The summed E-state index contributed by atoms with van der Waals surface area (Å²) in [6.45, 7) is 6.05. The van der Waals surface area contributed by atoms with Crippen LogP contribution in [-0.4, -0.2) is 17.5 Å². The number of carbonyl (C=O) groups is 1. The summed E-state index contributed by atoms with van der Waals surface area (Å²) in [5.41, 5.74) is 4.50. The molecule has 0 aliphatic rings. The molecule has 30 heavy (non-hydrogen) atoms. The highest BCUT2D eigenvalue weighted by molar-refractivity contribution is 7.07. The number of aryl methyl sites for hydroxylation is 3. The normalized spacial score (nSPS) is 12.4. The van der Waals surface area contributed by atoms with Gasteiger partial charge in [0.1, 0.15) is 10.7 Å². The average molecular weight is 418 g/mol. The van der Waals surface area contributed by atoms with Gasteiger partial charge < -0.3 is 5.32 Å². The van der Waals surface area contributed by atoms with Crippen LogP contribution in [0.4, 0.5) is 0 Å². The summed E-state index contributed by atoms with van der Waals surface area (Å²) in [6, 6.07) is 15.6. The van der Waals surface area contributed by atoms with Gasteiger partial charge in [-0.1, -0.05) is 42.8 Å². The zero-order chi connectivity index (χ0) is 21.8. The molecule has 2 aromatic carbocycles. The lowest BCUT2D eigenvalue weighted by Gasteiger charge is -2.05. The van der Waals surface area contributed by atoms with E-state index >= 15 is 0 Å². The van der Waals surface area contributed by atoms with Crippen molar-refractivity contribution in [3.8, 4) is 11.8 Å². The van der Waals surface area contributed by atoms with Gasteiger partial charge in [0.05, 0.1) is 10.2 Å². The van der Waals surface area contributed by atoms with Gasteiger partial charge in [-0.3, -0.25) is 14.2 Å². The van der Waals surface area contributed by atoms with Crippen LogP contribution in [0.1, 0.15) is 29.2 Å². The molecule has 3 rings (SSSR count). The highest BCUT2D eigenvalue weighted by Gasteiger charge is 2.16. The largest absolute Gasteiger partial charge is 0.354 e. The highest BCUT2D eigenvalue weighted by atomic mass is 32.1. The van der Waals surface area contributed by atoms with Gasteiger partial charge in [0, 0.05) is 7.05 Å². The fourth-order valence-electron chi connectivity index (χ4n) is 3.25. The molecule has 1 N–H and O–H groups in total. The van der Waals surface area contributed by atoms with Crippen molar-refractivity contribution >= 4 is 28.9 Å². The van der Waals surface area contributed by atoms with Gasteiger partial charge in [-0.15, -0.1) is 11.3 Å². The molecule has 1 heterocycles. The second kappa shape index (κ2) is 8.93. The molecule has 3 aromatic rings. The van der Waals surface area contributed by atoms with Crippen LogP contribution in [-0.2, 0) is 11.2 Å². The van der Waals surface area contributed by atoms with E-state index in [-0.39, 0.29) is 11.1 Å². The van der Waals surface area contributed by atoms with Gasteiger partial charge in [-0.2, -0.15) is 5.26 Å². The molecule has 0 fully saturated rings. The third-order valence-corrected chi connectivity index (χ3v) is 5.98. The van der Waals surface area contributed by atoms with Gasteiger partial charge >= 0.3 is 0 Å². The van der Waals surface area contributed by atoms with Crippen molar-refractivity contribution in [3.63, 3.8) is 0 Å². The molecule has 0 aliphatic heterocycles. The number of hydrogen-bond donors (Lipinski definition) is 1. The van der Waals surface area contributed by atoms with Crippen molar-refractivity contribution in [2.75, 3.05) is 7.05 Å². The predicted molar refractivity (Wildman–Crippen MR) is 121 cm³/mol. The Morgan fingerprint density at radius 1 is 1.23 bits per heavy atom. The zero-order valence-corrected chi connectivity index (χ0v) is 18.3. The van der Waals surface area contributed by atoms with Gasteiger partial charge in [0.15, 0.2) is 5.57 Å². The first-order valence-corrected chi connectivity index (χ1v) is 10.5. The quantitative estimate of drug-likeness (QED) is 0.708. The van der Waals surface area contributed by atoms with Crippen molar-refractivity contribution in [3.05, 3.63) is 84.3 Å². The Bertz CT molecular complexity index is 1340. The topological polar surface area (TPSA) is 74.9 Å². The minimum absolute atomic E-state index is 0.0817. The molecular formula is C24H23N3O2S. The predicted octanol–water partition coefficient (Wildman–Crippen LogP) is 2.33. The van der Waals surface area contributed by atoms with Gasteiger partial charge in [-0.05, 0) is 55.2 Å². The Balaban J connectivity index is 2.43. The first-order valence-electron chi connectivity index (χ1n) is 9.66. The standard InChI is InChI=1S/C24H23N3O2S/c1-5-17-7-6-8-19(12-17)27-23(29)21(13-18-10-9-15(2)11-16(18)3)30-24(27)20(14-25)22(28)26-4/h6-13H,5H2,1-4H3,(H,26,28)/b21-13+,24-20-. The first-order chi connectivity index (χ1) is 14.4. The molecule has 0 spiro atoms. The lowest BCUT2D eigenvalue weighted by atomic mass is 10.1.